The van der Waals surface area contributed by atoms with Crippen molar-refractivity contribution in [3.05, 3.63) is 47.2 Å². The fourth-order valence-corrected chi connectivity index (χ4v) is 2.30. The summed E-state index contributed by atoms with van der Waals surface area (Å²) in [5.74, 6) is 0. The van der Waals surface area contributed by atoms with Gasteiger partial charge in [-0.25, -0.2) is 0 Å². The van der Waals surface area contributed by atoms with E-state index in [1.54, 1.807) is 6.08 Å². The Kier molecular flexibility index (Phi) is 5.83. The monoisotopic (exact) mass is 312 g/mol. The number of hydrogen-bond acceptors (Lipinski definition) is 2. The number of ether oxygens (including phenoxy) is 2. The zero-order chi connectivity index (χ0) is 16.0. The van der Waals surface area contributed by atoms with Crippen LogP contribution >= 0.6 is 0 Å². The van der Waals surface area contributed by atoms with Gasteiger partial charge in [-0.1, -0.05) is 12.1 Å². The zero-order valence-electron chi connectivity index (χ0n) is 12.5. The van der Waals surface area contributed by atoms with Gasteiger partial charge in [-0.2, -0.15) is 13.2 Å². The molecule has 1 heterocycles. The summed E-state index contributed by atoms with van der Waals surface area (Å²) in [5, 5.41) is 0. The number of rotatable bonds is 4. The first-order valence-corrected chi connectivity index (χ1v) is 7.31. The molecule has 1 aliphatic rings. The summed E-state index contributed by atoms with van der Waals surface area (Å²) in [6.45, 7) is 3.21. The predicted molar refractivity (Wildman–Crippen MR) is 78.2 cm³/mol. The van der Waals surface area contributed by atoms with Gasteiger partial charge in [-0.3, -0.25) is 0 Å². The lowest BCUT2D eigenvalue weighted by Gasteiger charge is -2.23. The highest BCUT2D eigenvalue weighted by atomic mass is 19.4. The lowest BCUT2D eigenvalue weighted by Crippen LogP contribution is -2.24. The smallest absolute Gasteiger partial charge is 0.353 e. The van der Waals surface area contributed by atoms with E-state index in [1.807, 2.05) is 6.92 Å². The van der Waals surface area contributed by atoms with Crippen LogP contribution in [0.1, 0.15) is 37.3 Å². The average molecular weight is 312 g/mol. The van der Waals surface area contributed by atoms with Crippen LogP contribution < -0.4 is 0 Å². The Hall–Kier alpha value is -1.55. The fraction of sp³-hybridized carbons (Fsp3) is 0.471. The number of benzene rings is 1. The molecule has 5 heteroatoms. The lowest BCUT2D eigenvalue weighted by molar-refractivity contribution is -0.180. The largest absolute Gasteiger partial charge is 0.416 e. The van der Waals surface area contributed by atoms with Gasteiger partial charge in [0.2, 0.25) is 0 Å². The topological polar surface area (TPSA) is 18.5 Å². The van der Waals surface area contributed by atoms with Crippen LogP contribution in [0.25, 0.3) is 5.57 Å². The molecule has 1 aromatic carbocycles. The van der Waals surface area contributed by atoms with Crippen molar-refractivity contribution >= 4 is 5.57 Å². The maximum Gasteiger partial charge on any atom is 0.416 e. The molecule has 0 aromatic heterocycles. The summed E-state index contributed by atoms with van der Waals surface area (Å²) < 4.78 is 48.8. The van der Waals surface area contributed by atoms with E-state index in [2.05, 4.69) is 5.73 Å². The molecule has 0 atom stereocenters. The lowest BCUT2D eigenvalue weighted by atomic mass is 10.00. The Labute approximate surface area is 128 Å². The summed E-state index contributed by atoms with van der Waals surface area (Å²) in [5.41, 5.74) is 4.05. The molecule has 22 heavy (non-hydrogen) atoms. The van der Waals surface area contributed by atoms with Crippen molar-refractivity contribution in [1.29, 1.82) is 0 Å². The molecular weight excluding hydrogens is 293 g/mol. The number of allylic oxidation sites excluding steroid dienone is 1. The highest BCUT2D eigenvalue weighted by Gasteiger charge is 2.30. The van der Waals surface area contributed by atoms with Crippen molar-refractivity contribution < 1.29 is 22.6 Å². The van der Waals surface area contributed by atoms with Crippen LogP contribution in [0.15, 0.2) is 36.1 Å². The van der Waals surface area contributed by atoms with Crippen molar-refractivity contribution in [3.63, 3.8) is 0 Å². The Morgan fingerprint density at radius 3 is 2.41 bits per heavy atom. The third kappa shape index (κ3) is 4.73. The third-order valence-corrected chi connectivity index (χ3v) is 3.41. The molecule has 0 radical (unpaired) electrons. The van der Waals surface area contributed by atoms with Crippen LogP contribution in [-0.4, -0.2) is 19.5 Å². The van der Waals surface area contributed by atoms with E-state index in [4.69, 9.17) is 9.47 Å². The average Bonchev–Trinajstić information content (AvgIpc) is 2.52. The molecule has 0 spiro atoms. The Bertz CT molecular complexity index is 534. The van der Waals surface area contributed by atoms with E-state index in [9.17, 15) is 13.2 Å². The molecule has 0 amide bonds. The Morgan fingerprint density at radius 2 is 1.86 bits per heavy atom. The van der Waals surface area contributed by atoms with Crippen LogP contribution in [0.4, 0.5) is 13.2 Å². The van der Waals surface area contributed by atoms with Gasteiger partial charge in [-0.05, 0) is 43.5 Å². The van der Waals surface area contributed by atoms with E-state index in [0.717, 1.165) is 29.7 Å². The Morgan fingerprint density at radius 1 is 1.23 bits per heavy atom. The molecule has 120 valence electrons. The summed E-state index contributed by atoms with van der Waals surface area (Å²) in [6.07, 6.45) is -0.593. The van der Waals surface area contributed by atoms with Crippen molar-refractivity contribution in [2.45, 2.75) is 38.7 Å². The molecule has 2 rings (SSSR count). The molecule has 1 aromatic rings. The van der Waals surface area contributed by atoms with Gasteiger partial charge in [-0.15, -0.1) is 5.73 Å². The molecule has 0 bridgehead atoms. The minimum absolute atomic E-state index is 0.239. The van der Waals surface area contributed by atoms with Gasteiger partial charge in [0, 0.05) is 12.0 Å². The fourth-order valence-electron chi connectivity index (χ4n) is 2.30. The van der Waals surface area contributed by atoms with E-state index in [-0.39, 0.29) is 6.29 Å². The molecular formula is C17H19F3O2. The Balaban J connectivity index is 2.06. The van der Waals surface area contributed by atoms with Crippen molar-refractivity contribution in [2.24, 2.45) is 0 Å². The number of hydrogen-bond donors (Lipinski definition) is 0. The first-order valence-electron chi connectivity index (χ1n) is 7.31. The molecule has 0 N–H and O–H groups in total. The predicted octanol–water partition coefficient (Wildman–Crippen LogP) is 4.81. The molecule has 0 aliphatic carbocycles. The zero-order valence-corrected chi connectivity index (χ0v) is 12.5. The maximum absolute atomic E-state index is 12.6. The summed E-state index contributed by atoms with van der Waals surface area (Å²) in [4.78, 5) is 0. The molecule has 1 saturated heterocycles. The van der Waals surface area contributed by atoms with E-state index >= 15 is 0 Å². The maximum atomic E-state index is 12.6. The van der Waals surface area contributed by atoms with Gasteiger partial charge in [0.1, 0.15) is 0 Å². The van der Waals surface area contributed by atoms with Gasteiger partial charge >= 0.3 is 6.18 Å². The van der Waals surface area contributed by atoms with Crippen LogP contribution in [0, 0.1) is 0 Å². The summed E-state index contributed by atoms with van der Waals surface area (Å²) in [6, 6.07) is 5.16. The standard InChI is InChI=1S/C17H19F3O2/c1-2-4-13(7-10-16-21-11-3-12-22-16)14-5-8-15(9-6-14)17(18,19)20/h2,5-6,8-9,16H,3,7,10-12H2,1H3. The van der Waals surface area contributed by atoms with Crippen molar-refractivity contribution in [1.82, 2.24) is 0 Å². The molecule has 1 fully saturated rings. The second-order valence-electron chi connectivity index (χ2n) is 5.05. The van der Waals surface area contributed by atoms with Gasteiger partial charge in [0.25, 0.3) is 0 Å². The van der Waals surface area contributed by atoms with Crippen molar-refractivity contribution in [2.75, 3.05) is 13.2 Å². The first-order chi connectivity index (χ1) is 10.5. The van der Waals surface area contributed by atoms with E-state index < -0.39 is 11.7 Å². The highest BCUT2D eigenvalue weighted by molar-refractivity contribution is 5.65. The summed E-state index contributed by atoms with van der Waals surface area (Å²) in [7, 11) is 0. The van der Waals surface area contributed by atoms with Crippen LogP contribution in [0.2, 0.25) is 0 Å². The van der Waals surface area contributed by atoms with Crippen LogP contribution in [-0.2, 0) is 15.7 Å². The van der Waals surface area contributed by atoms with Crippen LogP contribution in [0.5, 0.6) is 0 Å². The molecule has 0 unspecified atom stereocenters. The minimum Gasteiger partial charge on any atom is -0.353 e. The normalized spacial score (nSPS) is 16.2. The van der Waals surface area contributed by atoms with Gasteiger partial charge < -0.3 is 9.47 Å². The molecule has 2 nitrogen and oxygen atoms in total. The van der Waals surface area contributed by atoms with Gasteiger partial charge in [0.15, 0.2) is 6.29 Å². The first kappa shape index (κ1) is 16.8. The van der Waals surface area contributed by atoms with Crippen molar-refractivity contribution in [3.8, 4) is 0 Å². The van der Waals surface area contributed by atoms with E-state index in [0.29, 0.717) is 26.1 Å². The minimum atomic E-state index is -4.31. The SMILES string of the molecule is CC=C=C(CCC1OCCCO1)c1ccc(C(F)(F)F)cc1. The number of halogens is 3. The van der Waals surface area contributed by atoms with Gasteiger partial charge in [0.05, 0.1) is 18.8 Å². The quantitative estimate of drug-likeness (QED) is 0.743. The molecule has 0 saturated carbocycles. The molecule has 1 aliphatic heterocycles. The third-order valence-electron chi connectivity index (χ3n) is 3.41. The summed E-state index contributed by atoms with van der Waals surface area (Å²) >= 11 is 0. The number of alkyl halides is 3. The highest BCUT2D eigenvalue weighted by Crippen LogP contribution is 2.30. The van der Waals surface area contributed by atoms with E-state index in [1.165, 1.54) is 12.1 Å². The second kappa shape index (κ2) is 7.63. The van der Waals surface area contributed by atoms with Crippen LogP contribution in [0.3, 0.4) is 0 Å². The second-order valence-corrected chi connectivity index (χ2v) is 5.05.